The maximum absolute atomic E-state index is 11.7. The first-order valence-corrected chi connectivity index (χ1v) is 10.6. The average molecular weight is 377 g/mol. The molecule has 4 rings (SSSR count). The Balaban J connectivity index is 0.000000706. The van der Waals surface area contributed by atoms with Gasteiger partial charge in [-0.05, 0) is 48.4 Å². The number of benzene rings is 2. The summed E-state index contributed by atoms with van der Waals surface area (Å²) in [5.41, 5.74) is 12.8. The smallest absolute Gasteiger partial charge is 0.248 e. The van der Waals surface area contributed by atoms with Crippen LogP contribution in [0.15, 0.2) is 42.5 Å². The molecule has 0 bridgehead atoms. The first kappa shape index (κ1) is 20.2. The fraction of sp³-hybridized carbons (Fsp3) is 0.400. The summed E-state index contributed by atoms with van der Waals surface area (Å²) in [4.78, 5) is 11.7. The molecule has 0 saturated heterocycles. The van der Waals surface area contributed by atoms with Crippen LogP contribution in [0.2, 0.25) is 0 Å². The molecule has 1 unspecified atom stereocenters. The number of hydrogen-bond acceptors (Lipinski definition) is 1. The summed E-state index contributed by atoms with van der Waals surface area (Å²) in [6.45, 7) is 9.76. The minimum atomic E-state index is -0.364. The van der Waals surface area contributed by atoms with Crippen molar-refractivity contribution in [3.05, 3.63) is 59.2 Å². The van der Waals surface area contributed by atoms with E-state index in [1.165, 1.54) is 34.2 Å². The van der Waals surface area contributed by atoms with Crippen molar-refractivity contribution < 1.29 is 4.79 Å². The van der Waals surface area contributed by atoms with Crippen molar-refractivity contribution in [2.24, 2.45) is 5.73 Å². The number of fused-ring (bicyclic) bond motifs is 5. The Labute approximate surface area is 168 Å². The minimum absolute atomic E-state index is 0.364. The Morgan fingerprint density at radius 3 is 2.54 bits per heavy atom. The van der Waals surface area contributed by atoms with Crippen LogP contribution in [-0.4, -0.2) is 10.5 Å². The van der Waals surface area contributed by atoms with Crippen LogP contribution in [0.1, 0.15) is 74.4 Å². The summed E-state index contributed by atoms with van der Waals surface area (Å²) >= 11 is 0. The van der Waals surface area contributed by atoms with Crippen LogP contribution in [0.3, 0.4) is 0 Å². The molecule has 0 spiro atoms. The number of rotatable bonds is 3. The van der Waals surface area contributed by atoms with Crippen molar-refractivity contribution in [3.63, 3.8) is 0 Å². The molecule has 0 radical (unpaired) electrons. The lowest BCUT2D eigenvalue weighted by Gasteiger charge is -2.15. The molecule has 1 atom stereocenters. The molecule has 1 aliphatic heterocycles. The van der Waals surface area contributed by atoms with Gasteiger partial charge in [-0.25, -0.2) is 0 Å². The predicted octanol–water partition coefficient (Wildman–Crippen LogP) is 6.28. The normalized spacial score (nSPS) is 13.7. The van der Waals surface area contributed by atoms with E-state index in [0.717, 1.165) is 31.3 Å². The lowest BCUT2D eigenvalue weighted by atomic mass is 9.90. The molecular weight excluding hydrogens is 344 g/mol. The predicted molar refractivity (Wildman–Crippen MR) is 119 cm³/mol. The summed E-state index contributed by atoms with van der Waals surface area (Å²) in [6, 6.07) is 14.7. The van der Waals surface area contributed by atoms with Gasteiger partial charge in [-0.15, -0.1) is 0 Å². The fourth-order valence-corrected chi connectivity index (χ4v) is 4.15. The number of hydrogen-bond donors (Lipinski definition) is 1. The highest BCUT2D eigenvalue weighted by atomic mass is 16.1. The van der Waals surface area contributed by atoms with Gasteiger partial charge in [0.05, 0.1) is 5.69 Å². The van der Waals surface area contributed by atoms with E-state index in [4.69, 9.17) is 5.73 Å². The largest absolute Gasteiger partial charge is 0.366 e. The molecule has 2 heterocycles. The molecule has 2 aromatic carbocycles. The Hall–Kier alpha value is -2.55. The Bertz CT molecular complexity index is 984. The first-order valence-electron chi connectivity index (χ1n) is 10.6. The van der Waals surface area contributed by atoms with Crippen LogP contribution in [0.4, 0.5) is 0 Å². The molecule has 3 heteroatoms. The maximum atomic E-state index is 11.7. The molecule has 3 aromatic rings. The van der Waals surface area contributed by atoms with Crippen molar-refractivity contribution in [1.29, 1.82) is 0 Å². The summed E-state index contributed by atoms with van der Waals surface area (Å²) in [7, 11) is 0. The maximum Gasteiger partial charge on any atom is 0.248 e. The lowest BCUT2D eigenvalue weighted by Crippen LogP contribution is -2.10. The third kappa shape index (κ3) is 3.58. The number of primary amides is 1. The van der Waals surface area contributed by atoms with Gasteiger partial charge in [-0.2, -0.15) is 0 Å². The van der Waals surface area contributed by atoms with Crippen LogP contribution < -0.4 is 5.73 Å². The second-order valence-corrected chi connectivity index (χ2v) is 7.79. The van der Waals surface area contributed by atoms with E-state index in [1.807, 2.05) is 12.1 Å². The van der Waals surface area contributed by atoms with E-state index in [9.17, 15) is 4.79 Å². The summed E-state index contributed by atoms with van der Waals surface area (Å²) in [5.74, 6) is 0.0981. The van der Waals surface area contributed by atoms with Gasteiger partial charge in [-0.3, -0.25) is 4.79 Å². The molecule has 0 fully saturated rings. The molecule has 1 aromatic heterocycles. The van der Waals surface area contributed by atoms with E-state index >= 15 is 0 Å². The van der Waals surface area contributed by atoms with Crippen molar-refractivity contribution in [3.8, 4) is 11.3 Å². The zero-order valence-electron chi connectivity index (χ0n) is 17.6. The van der Waals surface area contributed by atoms with Gasteiger partial charge >= 0.3 is 0 Å². The van der Waals surface area contributed by atoms with Crippen molar-refractivity contribution >= 4 is 16.8 Å². The van der Waals surface area contributed by atoms with Crippen LogP contribution in [-0.2, 0) is 13.0 Å². The van der Waals surface area contributed by atoms with Crippen LogP contribution in [0, 0.1) is 0 Å². The van der Waals surface area contributed by atoms with Crippen molar-refractivity contribution in [2.75, 3.05) is 0 Å². The number of nitrogens with two attached hydrogens (primary N) is 1. The molecule has 148 valence electrons. The minimum Gasteiger partial charge on any atom is -0.366 e. The summed E-state index contributed by atoms with van der Waals surface area (Å²) in [5, 5.41) is 1.26. The second kappa shape index (κ2) is 8.64. The standard InChI is InChI=1S/C22H24N2O.C3H8/c1-3-14(2)20-18-11-10-16(22(23)25)13-19(18)24-12-6-8-15-7-4-5-9-17(15)21(20)24;1-3-2/h4-5,7,9-11,13-14H,3,6,8,12H2,1-2H3,(H2,23,25);3H2,1-2H3. The summed E-state index contributed by atoms with van der Waals surface area (Å²) < 4.78 is 2.41. The van der Waals surface area contributed by atoms with Gasteiger partial charge in [0.1, 0.15) is 0 Å². The van der Waals surface area contributed by atoms with Crippen LogP contribution in [0.25, 0.3) is 22.2 Å². The summed E-state index contributed by atoms with van der Waals surface area (Å²) in [6.07, 6.45) is 4.54. The number of aromatic nitrogens is 1. The molecule has 3 nitrogen and oxygen atoms in total. The van der Waals surface area contributed by atoms with E-state index in [0.29, 0.717) is 11.5 Å². The molecule has 1 aliphatic rings. The van der Waals surface area contributed by atoms with Gasteiger partial charge in [0, 0.05) is 28.6 Å². The molecule has 1 amide bonds. The highest BCUT2D eigenvalue weighted by molar-refractivity contribution is 6.00. The lowest BCUT2D eigenvalue weighted by molar-refractivity contribution is 0.100. The highest BCUT2D eigenvalue weighted by Gasteiger charge is 2.25. The molecule has 2 N–H and O–H groups in total. The van der Waals surface area contributed by atoms with E-state index in [1.54, 1.807) is 0 Å². The molecular formula is C25H32N2O. The van der Waals surface area contributed by atoms with Crippen molar-refractivity contribution in [2.45, 2.75) is 65.8 Å². The number of amides is 1. The Morgan fingerprint density at radius 1 is 1.14 bits per heavy atom. The van der Waals surface area contributed by atoms with E-state index < -0.39 is 0 Å². The first-order chi connectivity index (χ1) is 13.5. The third-order valence-electron chi connectivity index (χ3n) is 5.59. The number of nitrogens with zero attached hydrogens (tertiary/aromatic N) is 1. The SMILES string of the molecule is CCC.CCC(C)c1c2n(c3cc(C(N)=O)ccc13)CCCc1ccccc1-2. The van der Waals surface area contributed by atoms with Gasteiger partial charge in [-0.1, -0.05) is 64.4 Å². The number of carbonyl (C=O) groups excluding carboxylic acids is 1. The number of carbonyl (C=O) groups is 1. The number of aryl methyl sites for hydroxylation is 2. The van der Waals surface area contributed by atoms with Gasteiger partial charge in [0.25, 0.3) is 0 Å². The van der Waals surface area contributed by atoms with Crippen molar-refractivity contribution in [1.82, 2.24) is 4.57 Å². The monoisotopic (exact) mass is 376 g/mol. The molecule has 28 heavy (non-hydrogen) atoms. The quantitative estimate of drug-likeness (QED) is 0.574. The molecule has 0 saturated carbocycles. The topological polar surface area (TPSA) is 48.0 Å². The average Bonchev–Trinajstić information content (AvgIpc) is 2.89. The highest BCUT2D eigenvalue weighted by Crippen LogP contribution is 2.42. The fourth-order valence-electron chi connectivity index (χ4n) is 4.15. The van der Waals surface area contributed by atoms with Gasteiger partial charge < -0.3 is 10.3 Å². The third-order valence-corrected chi connectivity index (χ3v) is 5.59. The van der Waals surface area contributed by atoms with Crippen LogP contribution in [0.5, 0.6) is 0 Å². The second-order valence-electron chi connectivity index (χ2n) is 7.79. The van der Waals surface area contributed by atoms with Gasteiger partial charge in [0.15, 0.2) is 0 Å². The van der Waals surface area contributed by atoms with Gasteiger partial charge in [0.2, 0.25) is 5.91 Å². The van der Waals surface area contributed by atoms with E-state index in [-0.39, 0.29) is 5.91 Å². The van der Waals surface area contributed by atoms with E-state index in [2.05, 4.69) is 62.6 Å². The Morgan fingerprint density at radius 2 is 1.86 bits per heavy atom. The Kier molecular flexibility index (Phi) is 6.23. The molecule has 0 aliphatic carbocycles. The van der Waals surface area contributed by atoms with Crippen LogP contribution >= 0.6 is 0 Å². The zero-order valence-corrected chi connectivity index (χ0v) is 17.6. The zero-order chi connectivity index (χ0) is 20.3.